The van der Waals surface area contributed by atoms with Gasteiger partial charge < -0.3 is 20.7 Å². The van der Waals surface area contributed by atoms with Crippen LogP contribution in [0.5, 0.6) is 5.75 Å². The van der Waals surface area contributed by atoms with Crippen LogP contribution in [0.2, 0.25) is 0 Å². The molecular weight excluding hydrogens is 460 g/mol. The van der Waals surface area contributed by atoms with Gasteiger partial charge in [0.15, 0.2) is 5.96 Å². The van der Waals surface area contributed by atoms with Crippen LogP contribution in [0.4, 0.5) is 13.2 Å². The number of benzene rings is 1. The van der Waals surface area contributed by atoms with Gasteiger partial charge in [0, 0.05) is 19.6 Å². The Bertz CT molecular complexity index is 566. The lowest BCUT2D eigenvalue weighted by Gasteiger charge is -2.30. The van der Waals surface area contributed by atoms with Crippen molar-refractivity contribution in [2.24, 2.45) is 16.6 Å². The quantitative estimate of drug-likeness (QED) is 0.368. The molecule has 0 radical (unpaired) electrons. The molecule has 5 nitrogen and oxygen atoms in total. The van der Waals surface area contributed by atoms with Crippen molar-refractivity contribution in [1.29, 1.82) is 0 Å². The first-order chi connectivity index (χ1) is 11.8. The Kier molecular flexibility index (Phi) is 9.48. The van der Waals surface area contributed by atoms with Gasteiger partial charge in [-0.2, -0.15) is 0 Å². The molecule has 0 aliphatic carbocycles. The number of ether oxygens (including phenoxy) is 1. The first kappa shape index (κ1) is 22.8. The lowest BCUT2D eigenvalue weighted by atomic mass is 10.0. The van der Waals surface area contributed by atoms with Crippen LogP contribution in [0.15, 0.2) is 29.3 Å². The summed E-state index contributed by atoms with van der Waals surface area (Å²) in [6.07, 6.45) is -2.15. The summed E-state index contributed by atoms with van der Waals surface area (Å²) in [7, 11) is 0. The van der Waals surface area contributed by atoms with Crippen LogP contribution >= 0.6 is 24.0 Å². The Morgan fingerprint density at radius 1 is 1.35 bits per heavy atom. The van der Waals surface area contributed by atoms with Gasteiger partial charge in [-0.05, 0) is 43.0 Å². The van der Waals surface area contributed by atoms with Crippen LogP contribution < -0.4 is 15.8 Å². The third-order valence-electron chi connectivity index (χ3n) is 4.06. The fourth-order valence-electron chi connectivity index (χ4n) is 2.86. The van der Waals surface area contributed by atoms with E-state index in [0.717, 1.165) is 37.7 Å². The molecule has 26 heavy (non-hydrogen) atoms. The second-order valence-electron chi connectivity index (χ2n) is 6.37. The van der Waals surface area contributed by atoms with E-state index in [1.807, 2.05) is 0 Å². The molecule has 0 amide bonds. The Balaban J connectivity index is 0.00000338. The maximum absolute atomic E-state index is 12.1. The van der Waals surface area contributed by atoms with Crippen LogP contribution in [-0.4, -0.2) is 43.4 Å². The molecule has 1 heterocycles. The van der Waals surface area contributed by atoms with Crippen molar-refractivity contribution in [1.82, 2.24) is 10.2 Å². The van der Waals surface area contributed by atoms with Crippen molar-refractivity contribution >= 4 is 29.9 Å². The number of piperidine rings is 1. The van der Waals surface area contributed by atoms with Crippen LogP contribution in [0, 0.1) is 5.92 Å². The molecule has 0 spiro atoms. The number of alkyl halides is 3. The molecular formula is C17H26F3IN4O. The number of nitrogens with zero attached hydrogens (tertiary/aromatic N) is 2. The normalized spacial score (nSPS) is 18.9. The maximum atomic E-state index is 12.1. The summed E-state index contributed by atoms with van der Waals surface area (Å²) >= 11 is 0. The summed E-state index contributed by atoms with van der Waals surface area (Å²) in [6, 6.07) is 5.60. The third-order valence-corrected chi connectivity index (χ3v) is 4.06. The van der Waals surface area contributed by atoms with Crippen molar-refractivity contribution in [3.8, 4) is 5.75 Å². The van der Waals surface area contributed by atoms with Crippen molar-refractivity contribution in [3.63, 3.8) is 0 Å². The van der Waals surface area contributed by atoms with E-state index in [-0.39, 0.29) is 29.7 Å². The van der Waals surface area contributed by atoms with Gasteiger partial charge in [0.2, 0.25) is 0 Å². The monoisotopic (exact) mass is 486 g/mol. The average Bonchev–Trinajstić information content (AvgIpc) is 2.53. The summed E-state index contributed by atoms with van der Waals surface area (Å²) in [6.45, 7) is 6.44. The number of nitrogens with one attached hydrogen (secondary N) is 1. The van der Waals surface area contributed by atoms with Gasteiger partial charge in [0.1, 0.15) is 5.75 Å². The number of hydrogen-bond acceptors (Lipinski definition) is 3. The van der Waals surface area contributed by atoms with E-state index in [1.165, 1.54) is 37.1 Å². The number of rotatable bonds is 6. The molecule has 0 aromatic heterocycles. The minimum absolute atomic E-state index is 0. The van der Waals surface area contributed by atoms with Crippen LogP contribution in [0.25, 0.3) is 0 Å². The zero-order valence-corrected chi connectivity index (χ0v) is 17.1. The van der Waals surface area contributed by atoms with Gasteiger partial charge in [-0.1, -0.05) is 19.1 Å². The fourth-order valence-corrected chi connectivity index (χ4v) is 2.86. The summed E-state index contributed by atoms with van der Waals surface area (Å²) in [5.41, 5.74) is 6.58. The van der Waals surface area contributed by atoms with Gasteiger partial charge in [-0.15, -0.1) is 37.1 Å². The van der Waals surface area contributed by atoms with Gasteiger partial charge in [-0.25, -0.2) is 4.99 Å². The molecule has 1 aromatic carbocycles. The smallest absolute Gasteiger partial charge is 0.406 e. The highest BCUT2D eigenvalue weighted by Crippen LogP contribution is 2.22. The minimum Gasteiger partial charge on any atom is -0.406 e. The summed E-state index contributed by atoms with van der Waals surface area (Å²) < 4.78 is 40.1. The Morgan fingerprint density at radius 2 is 2.04 bits per heavy atom. The summed E-state index contributed by atoms with van der Waals surface area (Å²) in [5.74, 6) is 0.826. The average molecular weight is 486 g/mol. The number of hydrogen-bond donors (Lipinski definition) is 2. The first-order valence-corrected chi connectivity index (χ1v) is 8.42. The van der Waals surface area contributed by atoms with Crippen LogP contribution in [0.1, 0.15) is 25.3 Å². The van der Waals surface area contributed by atoms with Gasteiger partial charge in [0.25, 0.3) is 0 Å². The molecule has 148 valence electrons. The van der Waals surface area contributed by atoms with Crippen LogP contribution in [0.3, 0.4) is 0 Å². The van der Waals surface area contributed by atoms with Crippen molar-refractivity contribution < 1.29 is 17.9 Å². The van der Waals surface area contributed by atoms with Crippen molar-refractivity contribution in [3.05, 3.63) is 29.8 Å². The standard InChI is InChI=1S/C17H25F3N4O.HI/c1-13-3-2-9-24(12-13)10-8-22-16(21)23-11-14-4-6-15(7-5-14)25-17(18,19)20;/h4-7,13H,2-3,8-12H2,1H3,(H3,21,22,23);1H. The van der Waals surface area contributed by atoms with E-state index in [9.17, 15) is 13.2 Å². The van der Waals surface area contributed by atoms with E-state index in [1.54, 1.807) is 0 Å². The zero-order valence-electron chi connectivity index (χ0n) is 14.8. The maximum Gasteiger partial charge on any atom is 0.573 e. The number of halogens is 4. The van der Waals surface area contributed by atoms with E-state index >= 15 is 0 Å². The molecule has 0 bridgehead atoms. The second-order valence-corrected chi connectivity index (χ2v) is 6.37. The Morgan fingerprint density at radius 3 is 2.65 bits per heavy atom. The summed E-state index contributed by atoms with van der Waals surface area (Å²) in [4.78, 5) is 6.61. The number of nitrogens with two attached hydrogens (primary N) is 1. The van der Waals surface area contributed by atoms with Gasteiger partial charge in [-0.3, -0.25) is 0 Å². The molecule has 3 N–H and O–H groups in total. The third kappa shape index (κ3) is 8.93. The second kappa shape index (κ2) is 10.8. The van der Waals surface area contributed by atoms with Gasteiger partial charge >= 0.3 is 6.36 Å². The van der Waals surface area contributed by atoms with Crippen molar-refractivity contribution in [2.45, 2.75) is 32.7 Å². The molecule has 1 atom stereocenters. The highest BCUT2D eigenvalue weighted by atomic mass is 127. The number of likely N-dealkylation sites (tertiary alicyclic amines) is 1. The Hall–Kier alpha value is -1.23. The highest BCUT2D eigenvalue weighted by Gasteiger charge is 2.30. The SMILES string of the molecule is CC1CCCN(CCNC(N)=NCc2ccc(OC(F)(F)F)cc2)C1.I. The number of aliphatic imine (C=N–C) groups is 1. The van der Waals surface area contributed by atoms with E-state index in [2.05, 4.69) is 26.9 Å². The Labute approximate surface area is 169 Å². The molecule has 1 saturated heterocycles. The topological polar surface area (TPSA) is 62.9 Å². The molecule has 1 fully saturated rings. The largest absolute Gasteiger partial charge is 0.573 e. The zero-order chi connectivity index (χ0) is 18.3. The lowest BCUT2D eigenvalue weighted by Crippen LogP contribution is -2.42. The van der Waals surface area contributed by atoms with E-state index in [0.29, 0.717) is 12.5 Å². The molecule has 1 aliphatic heterocycles. The molecule has 1 aromatic rings. The number of guanidine groups is 1. The van der Waals surface area contributed by atoms with Crippen molar-refractivity contribution in [2.75, 3.05) is 26.2 Å². The van der Waals surface area contributed by atoms with Gasteiger partial charge in [0.05, 0.1) is 6.54 Å². The fraction of sp³-hybridized carbons (Fsp3) is 0.588. The predicted molar refractivity (Wildman–Crippen MR) is 107 cm³/mol. The molecule has 0 saturated carbocycles. The predicted octanol–water partition coefficient (Wildman–Crippen LogP) is 3.34. The van der Waals surface area contributed by atoms with E-state index in [4.69, 9.17) is 5.73 Å². The van der Waals surface area contributed by atoms with Crippen LogP contribution in [-0.2, 0) is 6.54 Å². The lowest BCUT2D eigenvalue weighted by molar-refractivity contribution is -0.274. The molecule has 2 rings (SSSR count). The molecule has 1 aliphatic rings. The minimum atomic E-state index is -4.68. The molecule has 1 unspecified atom stereocenters. The summed E-state index contributed by atoms with van der Waals surface area (Å²) in [5, 5.41) is 3.07. The first-order valence-electron chi connectivity index (χ1n) is 8.42. The highest BCUT2D eigenvalue weighted by molar-refractivity contribution is 14.0. The van der Waals surface area contributed by atoms with E-state index < -0.39 is 6.36 Å². The molecule has 9 heteroatoms.